The summed E-state index contributed by atoms with van der Waals surface area (Å²) in [5.74, 6) is -1.20. The molecule has 0 unspecified atom stereocenters. The summed E-state index contributed by atoms with van der Waals surface area (Å²) in [7, 11) is 1.15. The number of ether oxygens (including phenoxy) is 1. The average molecular weight is 156 g/mol. The number of rotatable bonds is 2. The SMILES string of the molecule is COC(=O)[C@@H](C#N)NC(C)=O. The number of methoxy groups -OCH3 is 1. The van der Waals surface area contributed by atoms with Gasteiger partial charge in [-0.1, -0.05) is 0 Å². The van der Waals surface area contributed by atoms with Gasteiger partial charge in [0.15, 0.2) is 0 Å². The maximum absolute atomic E-state index is 10.6. The van der Waals surface area contributed by atoms with Crippen LogP contribution in [0.5, 0.6) is 0 Å². The highest BCUT2D eigenvalue weighted by Crippen LogP contribution is 1.84. The van der Waals surface area contributed by atoms with Crippen LogP contribution >= 0.6 is 0 Å². The second kappa shape index (κ2) is 4.28. The second-order valence-corrected chi connectivity index (χ2v) is 1.79. The highest BCUT2D eigenvalue weighted by Gasteiger charge is 2.18. The first-order valence-electron chi connectivity index (χ1n) is 2.86. The molecular weight excluding hydrogens is 148 g/mol. The molecule has 0 aliphatic rings. The van der Waals surface area contributed by atoms with Gasteiger partial charge in [-0.25, -0.2) is 4.79 Å². The molecule has 0 saturated heterocycles. The van der Waals surface area contributed by atoms with E-state index in [1.165, 1.54) is 6.92 Å². The number of carbonyl (C=O) groups is 2. The molecular formula is C6H8N2O3. The number of carbonyl (C=O) groups excluding carboxylic acids is 2. The lowest BCUT2D eigenvalue weighted by Gasteiger charge is -2.05. The fourth-order valence-corrected chi connectivity index (χ4v) is 0.465. The summed E-state index contributed by atoms with van der Waals surface area (Å²) < 4.78 is 4.23. The first kappa shape index (κ1) is 9.43. The van der Waals surface area contributed by atoms with Gasteiger partial charge in [0.05, 0.1) is 13.2 Å². The van der Waals surface area contributed by atoms with E-state index in [0.717, 1.165) is 7.11 Å². The van der Waals surface area contributed by atoms with Crippen molar-refractivity contribution >= 4 is 11.9 Å². The van der Waals surface area contributed by atoms with Gasteiger partial charge in [-0.05, 0) is 0 Å². The topological polar surface area (TPSA) is 79.2 Å². The molecule has 0 aromatic heterocycles. The Hall–Kier alpha value is -1.57. The molecule has 0 spiro atoms. The third kappa shape index (κ3) is 3.20. The van der Waals surface area contributed by atoms with Crippen LogP contribution in [0.15, 0.2) is 0 Å². The van der Waals surface area contributed by atoms with Crippen LogP contribution in [-0.2, 0) is 14.3 Å². The fourth-order valence-electron chi connectivity index (χ4n) is 0.465. The van der Waals surface area contributed by atoms with Gasteiger partial charge < -0.3 is 10.1 Å². The fraction of sp³-hybridized carbons (Fsp3) is 0.500. The third-order valence-electron chi connectivity index (χ3n) is 0.914. The van der Waals surface area contributed by atoms with Crippen molar-refractivity contribution in [2.45, 2.75) is 13.0 Å². The Morgan fingerprint density at radius 3 is 2.45 bits per heavy atom. The van der Waals surface area contributed by atoms with E-state index in [1.807, 2.05) is 0 Å². The molecule has 0 rings (SSSR count). The zero-order valence-electron chi connectivity index (χ0n) is 6.25. The van der Waals surface area contributed by atoms with E-state index >= 15 is 0 Å². The van der Waals surface area contributed by atoms with Gasteiger partial charge in [0.2, 0.25) is 11.9 Å². The van der Waals surface area contributed by atoms with E-state index in [2.05, 4.69) is 10.1 Å². The molecule has 11 heavy (non-hydrogen) atoms. The number of nitrogens with zero attached hydrogens (tertiary/aromatic N) is 1. The van der Waals surface area contributed by atoms with Gasteiger partial charge in [-0.3, -0.25) is 4.79 Å². The Morgan fingerprint density at radius 2 is 2.18 bits per heavy atom. The van der Waals surface area contributed by atoms with Crippen LogP contribution in [0.2, 0.25) is 0 Å². The second-order valence-electron chi connectivity index (χ2n) is 1.79. The predicted octanol–water partition coefficient (Wildman–Crippen LogP) is -0.812. The normalized spacial score (nSPS) is 11.0. The number of nitriles is 1. The molecule has 0 bridgehead atoms. The molecule has 0 aliphatic heterocycles. The Kier molecular flexibility index (Phi) is 3.67. The van der Waals surface area contributed by atoms with Crippen LogP contribution in [0.25, 0.3) is 0 Å². The molecule has 0 aliphatic carbocycles. The molecule has 60 valence electrons. The van der Waals surface area contributed by atoms with Crippen molar-refractivity contribution in [1.82, 2.24) is 5.32 Å². The standard InChI is InChI=1S/C6H8N2O3/c1-4(9)8-5(3-7)6(10)11-2/h5H,1-2H3,(H,8,9)/t5-/m1/s1. The van der Waals surface area contributed by atoms with E-state index in [9.17, 15) is 9.59 Å². The monoisotopic (exact) mass is 156 g/mol. The number of hydrogen-bond donors (Lipinski definition) is 1. The summed E-state index contributed by atoms with van der Waals surface area (Å²) in [5, 5.41) is 10.4. The van der Waals surface area contributed by atoms with E-state index in [1.54, 1.807) is 6.07 Å². The lowest BCUT2D eigenvalue weighted by atomic mass is 10.3. The maximum atomic E-state index is 10.6. The first-order valence-corrected chi connectivity index (χ1v) is 2.86. The number of esters is 1. The summed E-state index contributed by atoms with van der Waals surface area (Å²) in [6.45, 7) is 1.22. The minimum atomic E-state index is -1.20. The number of amides is 1. The average Bonchev–Trinajstić information content (AvgIpc) is 1.98. The summed E-state index contributed by atoms with van der Waals surface area (Å²) in [4.78, 5) is 21.0. The van der Waals surface area contributed by atoms with Crippen LogP contribution < -0.4 is 5.32 Å². The predicted molar refractivity (Wildman–Crippen MR) is 35.2 cm³/mol. The summed E-state index contributed by atoms with van der Waals surface area (Å²) in [6, 6.07) is 0.381. The van der Waals surface area contributed by atoms with Crippen molar-refractivity contribution < 1.29 is 14.3 Å². The van der Waals surface area contributed by atoms with Crippen LogP contribution in [-0.4, -0.2) is 25.0 Å². The Labute approximate surface area is 63.9 Å². The van der Waals surface area contributed by atoms with Crippen molar-refractivity contribution in [2.24, 2.45) is 0 Å². The van der Waals surface area contributed by atoms with Crippen molar-refractivity contribution in [3.05, 3.63) is 0 Å². The van der Waals surface area contributed by atoms with Gasteiger partial charge in [0.1, 0.15) is 0 Å². The van der Waals surface area contributed by atoms with Gasteiger partial charge >= 0.3 is 5.97 Å². The number of hydrogen-bond acceptors (Lipinski definition) is 4. The van der Waals surface area contributed by atoms with Crippen LogP contribution in [0.3, 0.4) is 0 Å². The minimum absolute atomic E-state index is 0.443. The molecule has 1 amide bonds. The molecule has 5 heteroatoms. The summed E-state index contributed by atoms with van der Waals surface area (Å²) >= 11 is 0. The van der Waals surface area contributed by atoms with Crippen LogP contribution in [0, 0.1) is 11.3 Å². The van der Waals surface area contributed by atoms with Crippen molar-refractivity contribution in [3.8, 4) is 6.07 Å². The van der Waals surface area contributed by atoms with Gasteiger partial charge in [-0.2, -0.15) is 5.26 Å². The molecule has 0 aromatic carbocycles. The van der Waals surface area contributed by atoms with Crippen molar-refractivity contribution in [2.75, 3.05) is 7.11 Å². The van der Waals surface area contributed by atoms with E-state index < -0.39 is 17.9 Å². The zero-order valence-corrected chi connectivity index (χ0v) is 6.25. The van der Waals surface area contributed by atoms with Gasteiger partial charge in [-0.15, -0.1) is 0 Å². The van der Waals surface area contributed by atoms with Gasteiger partial charge in [0, 0.05) is 6.92 Å². The maximum Gasteiger partial charge on any atom is 0.343 e. The molecule has 1 N–H and O–H groups in total. The molecule has 0 heterocycles. The Balaban J connectivity index is 4.09. The van der Waals surface area contributed by atoms with Crippen molar-refractivity contribution in [3.63, 3.8) is 0 Å². The van der Waals surface area contributed by atoms with Crippen LogP contribution in [0.4, 0.5) is 0 Å². The molecule has 5 nitrogen and oxygen atoms in total. The third-order valence-corrected chi connectivity index (χ3v) is 0.914. The highest BCUT2D eigenvalue weighted by atomic mass is 16.5. The van der Waals surface area contributed by atoms with Crippen LogP contribution in [0.1, 0.15) is 6.92 Å². The Morgan fingerprint density at radius 1 is 1.64 bits per heavy atom. The first-order chi connectivity index (χ1) is 5.11. The molecule has 0 saturated carbocycles. The molecule has 1 atom stereocenters. The summed E-state index contributed by atoms with van der Waals surface area (Å²) in [5.41, 5.74) is 0. The lowest BCUT2D eigenvalue weighted by Crippen LogP contribution is -2.39. The molecule has 0 aromatic rings. The largest absolute Gasteiger partial charge is 0.467 e. The van der Waals surface area contributed by atoms with Gasteiger partial charge in [0.25, 0.3) is 0 Å². The minimum Gasteiger partial charge on any atom is -0.467 e. The molecule has 0 fully saturated rings. The smallest absolute Gasteiger partial charge is 0.343 e. The Bertz CT molecular complexity index is 206. The van der Waals surface area contributed by atoms with E-state index in [4.69, 9.17) is 5.26 Å². The van der Waals surface area contributed by atoms with E-state index in [0.29, 0.717) is 0 Å². The summed E-state index contributed by atoms with van der Waals surface area (Å²) in [6.07, 6.45) is 0. The molecule has 0 radical (unpaired) electrons. The lowest BCUT2D eigenvalue weighted by molar-refractivity contribution is -0.143. The number of nitrogens with one attached hydrogen (secondary N) is 1. The van der Waals surface area contributed by atoms with E-state index in [-0.39, 0.29) is 0 Å². The van der Waals surface area contributed by atoms with Crippen molar-refractivity contribution in [1.29, 1.82) is 5.26 Å². The zero-order chi connectivity index (χ0) is 8.85. The quantitative estimate of drug-likeness (QED) is 0.530. The highest BCUT2D eigenvalue weighted by molar-refractivity contribution is 5.85.